The molecule has 82 valence electrons. The first kappa shape index (κ1) is 8.33. The molecule has 3 rings (SSSR count). The zero-order chi connectivity index (χ0) is 12.0. The van der Waals surface area contributed by atoms with Crippen LogP contribution in [0, 0.1) is 0 Å². The van der Waals surface area contributed by atoms with E-state index in [1.54, 1.807) is 13.1 Å². The maximum atomic E-state index is 11.9. The monoisotopic (exact) mass is 216 g/mol. The van der Waals surface area contributed by atoms with Gasteiger partial charge >= 0.3 is 0 Å². The fourth-order valence-corrected chi connectivity index (χ4v) is 2.10. The molecule has 2 heterocycles. The lowest BCUT2D eigenvalue weighted by Crippen LogP contribution is -2.17. The fourth-order valence-electron chi connectivity index (χ4n) is 2.10. The van der Waals surface area contributed by atoms with Gasteiger partial charge in [-0.25, -0.2) is 4.98 Å². The Balaban J connectivity index is 2.17. The molecule has 0 aliphatic heterocycles. The second-order valence-corrected chi connectivity index (χ2v) is 4.04. The van der Waals surface area contributed by atoms with E-state index in [1.165, 1.54) is 10.9 Å². The molecular formula is C12H13N3O. The van der Waals surface area contributed by atoms with Crippen LogP contribution in [0.2, 0.25) is 0 Å². The minimum atomic E-state index is -0.149. The molecule has 0 saturated heterocycles. The van der Waals surface area contributed by atoms with Gasteiger partial charge in [0.25, 0.3) is 5.56 Å². The molecule has 0 amide bonds. The standard InChI is InChI=1S/C12H13N3O/c1-14-8-13-11-10(12(14)16)6-7-15(11)9-4-2-3-5-9/h2,4,6-9H,3,5H2,1H3/t9-/m0/s1/i3D/t3-,9+/m1. The summed E-state index contributed by atoms with van der Waals surface area (Å²) in [6, 6.07) is 1.95. The lowest BCUT2D eigenvalue weighted by atomic mass is 10.2. The van der Waals surface area contributed by atoms with Gasteiger partial charge in [0, 0.05) is 14.6 Å². The third-order valence-electron chi connectivity index (χ3n) is 3.00. The van der Waals surface area contributed by atoms with Crippen LogP contribution in [-0.4, -0.2) is 14.1 Å². The highest BCUT2D eigenvalue weighted by Crippen LogP contribution is 2.25. The summed E-state index contributed by atoms with van der Waals surface area (Å²) >= 11 is 0. The van der Waals surface area contributed by atoms with Gasteiger partial charge in [-0.1, -0.05) is 12.2 Å². The zero-order valence-electron chi connectivity index (χ0n) is 10.00. The fraction of sp³-hybridized carbons (Fsp3) is 0.333. The van der Waals surface area contributed by atoms with Gasteiger partial charge in [-0.2, -0.15) is 0 Å². The molecule has 0 fully saturated rings. The third-order valence-corrected chi connectivity index (χ3v) is 3.00. The molecule has 4 nitrogen and oxygen atoms in total. The lowest BCUT2D eigenvalue weighted by molar-refractivity contribution is 0.605. The van der Waals surface area contributed by atoms with Crippen LogP contribution >= 0.6 is 0 Å². The first-order valence-corrected chi connectivity index (χ1v) is 5.29. The van der Waals surface area contributed by atoms with Crippen LogP contribution < -0.4 is 5.56 Å². The molecule has 0 spiro atoms. The number of allylic oxidation sites excluding steroid dienone is 2. The summed E-state index contributed by atoms with van der Waals surface area (Å²) in [5.74, 6) is 0. The number of fused-ring (bicyclic) bond motifs is 1. The molecule has 0 unspecified atom stereocenters. The molecule has 16 heavy (non-hydrogen) atoms. The molecule has 0 N–H and O–H groups in total. The molecule has 1 aliphatic carbocycles. The minimum absolute atomic E-state index is 0.0295. The highest BCUT2D eigenvalue weighted by molar-refractivity contribution is 5.75. The second-order valence-electron chi connectivity index (χ2n) is 4.04. The molecule has 2 aromatic heterocycles. The maximum Gasteiger partial charge on any atom is 0.262 e. The van der Waals surface area contributed by atoms with E-state index in [9.17, 15) is 4.79 Å². The van der Waals surface area contributed by atoms with Crippen molar-refractivity contribution in [1.82, 2.24) is 14.1 Å². The first-order valence-electron chi connectivity index (χ1n) is 5.87. The predicted octanol–water partition coefficient (Wildman–Crippen LogP) is 1.63. The van der Waals surface area contributed by atoms with Gasteiger partial charge in [0.2, 0.25) is 0 Å². The Morgan fingerprint density at radius 2 is 2.50 bits per heavy atom. The van der Waals surface area contributed by atoms with Gasteiger partial charge < -0.3 is 9.13 Å². The van der Waals surface area contributed by atoms with Gasteiger partial charge in [-0.15, -0.1) is 0 Å². The zero-order valence-corrected chi connectivity index (χ0v) is 9.00. The second kappa shape index (κ2) is 3.33. The maximum absolute atomic E-state index is 11.9. The van der Waals surface area contributed by atoms with Crippen molar-refractivity contribution in [3.05, 3.63) is 41.1 Å². The predicted molar refractivity (Wildman–Crippen MR) is 62.4 cm³/mol. The van der Waals surface area contributed by atoms with Crippen LogP contribution in [0.3, 0.4) is 0 Å². The number of nitrogens with zero attached hydrogens (tertiary/aromatic N) is 3. The van der Waals surface area contributed by atoms with Crippen molar-refractivity contribution in [2.24, 2.45) is 7.05 Å². The van der Waals surface area contributed by atoms with Gasteiger partial charge in [0.05, 0.1) is 17.8 Å². The Hall–Kier alpha value is -1.84. The SMILES string of the molecule is [2H][C@@H]1C=C[C@H](n2ccc3c(=O)n(C)cnc32)C1. The molecule has 2 aromatic rings. The normalized spacial score (nSPS) is 25.2. The molecular weight excluding hydrogens is 202 g/mol. The van der Waals surface area contributed by atoms with Gasteiger partial charge in [-0.05, 0) is 18.9 Å². The molecule has 0 radical (unpaired) electrons. The van der Waals surface area contributed by atoms with Crippen molar-refractivity contribution in [1.29, 1.82) is 0 Å². The molecule has 1 aliphatic rings. The van der Waals surface area contributed by atoms with E-state index >= 15 is 0 Å². The Morgan fingerprint density at radius 1 is 1.62 bits per heavy atom. The average Bonchev–Trinajstić information content (AvgIpc) is 2.89. The number of hydrogen-bond acceptors (Lipinski definition) is 2. The van der Waals surface area contributed by atoms with Crippen LogP contribution in [0.15, 0.2) is 35.5 Å². The highest BCUT2D eigenvalue weighted by Gasteiger charge is 2.15. The largest absolute Gasteiger partial charge is 0.325 e. The molecule has 0 bridgehead atoms. The van der Waals surface area contributed by atoms with Crippen molar-refractivity contribution in [3.63, 3.8) is 0 Å². The van der Waals surface area contributed by atoms with E-state index in [2.05, 4.69) is 4.98 Å². The Bertz CT molecular complexity index is 655. The topological polar surface area (TPSA) is 39.8 Å². The summed E-state index contributed by atoms with van der Waals surface area (Å²) in [5.41, 5.74) is 0.676. The van der Waals surface area contributed by atoms with Gasteiger partial charge in [0.15, 0.2) is 0 Å². The van der Waals surface area contributed by atoms with Gasteiger partial charge in [0.1, 0.15) is 5.65 Å². The van der Waals surface area contributed by atoms with Crippen LogP contribution in [0.4, 0.5) is 0 Å². The van der Waals surface area contributed by atoms with Crippen molar-refractivity contribution >= 4 is 11.0 Å². The van der Waals surface area contributed by atoms with Crippen LogP contribution in [-0.2, 0) is 7.05 Å². The number of rotatable bonds is 1. The van der Waals surface area contributed by atoms with Crippen molar-refractivity contribution in [2.75, 3.05) is 0 Å². The summed E-state index contributed by atoms with van der Waals surface area (Å²) in [5, 5.41) is 0.636. The summed E-state index contributed by atoms with van der Waals surface area (Å²) in [4.78, 5) is 16.2. The van der Waals surface area contributed by atoms with Crippen molar-refractivity contribution in [3.8, 4) is 0 Å². The van der Waals surface area contributed by atoms with E-state index in [0.717, 1.165) is 6.42 Å². The number of hydrogen-bond donors (Lipinski definition) is 0. The van der Waals surface area contributed by atoms with Crippen LogP contribution in [0.5, 0.6) is 0 Å². The van der Waals surface area contributed by atoms with Crippen molar-refractivity contribution < 1.29 is 1.37 Å². The lowest BCUT2D eigenvalue weighted by Gasteiger charge is -2.10. The summed E-state index contributed by atoms with van der Waals surface area (Å²) < 4.78 is 11.1. The molecule has 2 atom stereocenters. The summed E-state index contributed by atoms with van der Waals surface area (Å²) in [6.07, 6.45) is 7.92. The summed E-state index contributed by atoms with van der Waals surface area (Å²) in [7, 11) is 1.70. The van der Waals surface area contributed by atoms with E-state index in [4.69, 9.17) is 1.37 Å². The Morgan fingerprint density at radius 3 is 3.25 bits per heavy atom. The first-order chi connectivity index (χ1) is 8.16. The smallest absolute Gasteiger partial charge is 0.262 e. The van der Waals surface area contributed by atoms with Crippen LogP contribution in [0.25, 0.3) is 11.0 Å². The minimum Gasteiger partial charge on any atom is -0.325 e. The van der Waals surface area contributed by atoms with E-state index in [-0.39, 0.29) is 18.0 Å². The Labute approximate surface area is 94.2 Å². The Kier molecular flexibility index (Phi) is 1.74. The molecule has 0 aromatic carbocycles. The number of aryl methyl sites for hydroxylation is 1. The molecule has 4 heteroatoms. The van der Waals surface area contributed by atoms with Crippen LogP contribution in [0.1, 0.15) is 20.2 Å². The molecule has 0 saturated carbocycles. The van der Waals surface area contributed by atoms with E-state index in [0.29, 0.717) is 11.0 Å². The quantitative estimate of drug-likeness (QED) is 0.680. The highest BCUT2D eigenvalue weighted by atomic mass is 16.1. The number of aromatic nitrogens is 3. The summed E-state index contributed by atoms with van der Waals surface area (Å²) in [6.45, 7) is 0. The van der Waals surface area contributed by atoms with Gasteiger partial charge in [-0.3, -0.25) is 4.79 Å². The third kappa shape index (κ3) is 1.23. The van der Waals surface area contributed by atoms with Crippen molar-refractivity contribution in [2.45, 2.75) is 18.9 Å². The van der Waals surface area contributed by atoms with E-state index < -0.39 is 0 Å². The van der Waals surface area contributed by atoms with E-state index in [1.807, 2.05) is 22.9 Å². The average molecular weight is 216 g/mol.